The number of allylic oxidation sites excluding steroid dienone is 3. The number of hydrogen-bond donors (Lipinski definition) is 3. The zero-order valence-electron chi connectivity index (χ0n) is 12.3. The number of rotatable bonds is 3. The first-order valence-electron chi connectivity index (χ1n) is 6.93. The van der Waals surface area contributed by atoms with Crippen LogP contribution in [0.2, 0.25) is 0 Å². The molecule has 1 heterocycles. The van der Waals surface area contributed by atoms with E-state index in [0.29, 0.717) is 30.5 Å². The van der Waals surface area contributed by atoms with Crippen molar-refractivity contribution in [3.05, 3.63) is 35.1 Å². The Labute approximate surface area is 143 Å². The molecule has 22 heavy (non-hydrogen) atoms. The molecule has 1 aliphatic carbocycles. The van der Waals surface area contributed by atoms with E-state index in [4.69, 9.17) is 5.73 Å². The number of hydrogen-bond acceptors (Lipinski definition) is 4. The molecule has 118 valence electrons. The van der Waals surface area contributed by atoms with Crippen molar-refractivity contribution >= 4 is 17.7 Å². The SMILES string of the molecule is CCC1=C(C(=O)NC2CCC(=O)NC2=O)[C-]=CCC(N)=C1.[W]. The van der Waals surface area contributed by atoms with E-state index < -0.39 is 11.9 Å². The molecule has 7 heteroatoms. The third-order valence-corrected chi connectivity index (χ3v) is 3.42. The Morgan fingerprint density at radius 2 is 2.23 bits per heavy atom. The molecule has 0 aromatic rings. The molecule has 6 nitrogen and oxygen atoms in total. The second kappa shape index (κ2) is 8.08. The van der Waals surface area contributed by atoms with Gasteiger partial charge < -0.3 is 15.8 Å². The molecule has 3 amide bonds. The van der Waals surface area contributed by atoms with Crippen LogP contribution in [0.3, 0.4) is 0 Å². The van der Waals surface area contributed by atoms with Crippen molar-refractivity contribution in [2.45, 2.75) is 38.6 Å². The molecule has 0 saturated carbocycles. The largest absolute Gasteiger partial charge is 0.403 e. The Bertz CT molecular complexity index is 579. The molecular weight excluding hydrogens is 454 g/mol. The van der Waals surface area contributed by atoms with E-state index in [-0.39, 0.29) is 39.3 Å². The summed E-state index contributed by atoms with van der Waals surface area (Å²) < 4.78 is 0. The maximum absolute atomic E-state index is 12.3. The average molecular weight is 472 g/mol. The molecule has 0 aromatic carbocycles. The van der Waals surface area contributed by atoms with Crippen molar-refractivity contribution < 1.29 is 35.4 Å². The van der Waals surface area contributed by atoms with Crippen LogP contribution >= 0.6 is 0 Å². The van der Waals surface area contributed by atoms with Gasteiger partial charge >= 0.3 is 0 Å². The summed E-state index contributed by atoms with van der Waals surface area (Å²) >= 11 is 0. The minimum absolute atomic E-state index is 0. The van der Waals surface area contributed by atoms with E-state index in [1.165, 1.54) is 0 Å². The van der Waals surface area contributed by atoms with Gasteiger partial charge in [-0.05, 0) is 18.5 Å². The maximum Gasteiger partial charge on any atom is 0.248 e. The summed E-state index contributed by atoms with van der Waals surface area (Å²) in [6.07, 6.45) is 8.13. The van der Waals surface area contributed by atoms with Crippen molar-refractivity contribution in [1.82, 2.24) is 10.6 Å². The predicted octanol–water partition coefficient (Wildman–Crippen LogP) is 0.218. The zero-order chi connectivity index (χ0) is 15.4. The van der Waals surface area contributed by atoms with Crippen LogP contribution in [0.1, 0.15) is 32.6 Å². The fourth-order valence-electron chi connectivity index (χ4n) is 2.27. The molecule has 2 aliphatic rings. The van der Waals surface area contributed by atoms with Gasteiger partial charge in [0.15, 0.2) is 0 Å². The second-order valence-corrected chi connectivity index (χ2v) is 5.00. The summed E-state index contributed by atoms with van der Waals surface area (Å²) in [4.78, 5) is 35.1. The topological polar surface area (TPSA) is 101 Å². The quantitative estimate of drug-likeness (QED) is 0.404. The second-order valence-electron chi connectivity index (χ2n) is 5.00. The van der Waals surface area contributed by atoms with E-state index in [2.05, 4.69) is 16.7 Å². The van der Waals surface area contributed by atoms with Gasteiger partial charge in [0, 0.05) is 27.5 Å². The number of nitrogens with two attached hydrogens (primary N) is 1. The first-order chi connectivity index (χ1) is 10.0. The molecule has 0 aromatic heterocycles. The van der Waals surface area contributed by atoms with E-state index >= 15 is 0 Å². The van der Waals surface area contributed by atoms with E-state index in [0.717, 1.165) is 5.57 Å². The van der Waals surface area contributed by atoms with Gasteiger partial charge in [0.05, 0.1) is 6.04 Å². The van der Waals surface area contributed by atoms with Crippen molar-refractivity contribution in [2.75, 3.05) is 0 Å². The molecule has 1 atom stereocenters. The third kappa shape index (κ3) is 4.40. The van der Waals surface area contributed by atoms with Crippen molar-refractivity contribution in [3.8, 4) is 0 Å². The molecular formula is C15H18N3O3W-. The fraction of sp³-hybridized carbons (Fsp3) is 0.400. The summed E-state index contributed by atoms with van der Waals surface area (Å²) in [5.41, 5.74) is 7.65. The molecule has 0 spiro atoms. The van der Waals surface area contributed by atoms with Gasteiger partial charge in [-0.25, -0.2) is 0 Å². The van der Waals surface area contributed by atoms with Gasteiger partial charge in [0.25, 0.3) is 0 Å². The number of imide groups is 1. The first-order valence-corrected chi connectivity index (χ1v) is 6.93. The Hall–Kier alpha value is -1.68. The van der Waals surface area contributed by atoms with Crippen LogP contribution in [0.5, 0.6) is 0 Å². The van der Waals surface area contributed by atoms with Crippen LogP contribution in [0.4, 0.5) is 0 Å². The van der Waals surface area contributed by atoms with Gasteiger partial charge in [0.1, 0.15) is 5.91 Å². The molecule has 2 rings (SSSR count). The maximum atomic E-state index is 12.3. The monoisotopic (exact) mass is 472 g/mol. The molecule has 1 fully saturated rings. The summed E-state index contributed by atoms with van der Waals surface area (Å²) in [5.74, 6) is -1.15. The zero-order valence-corrected chi connectivity index (χ0v) is 15.2. The van der Waals surface area contributed by atoms with Crippen LogP contribution in [0.25, 0.3) is 0 Å². The van der Waals surface area contributed by atoms with Crippen LogP contribution in [0, 0.1) is 6.08 Å². The van der Waals surface area contributed by atoms with E-state index in [1.54, 1.807) is 12.2 Å². The van der Waals surface area contributed by atoms with Crippen LogP contribution < -0.4 is 16.4 Å². The predicted molar refractivity (Wildman–Crippen MR) is 76.3 cm³/mol. The van der Waals surface area contributed by atoms with Gasteiger partial charge in [-0.2, -0.15) is 6.08 Å². The number of carbonyl (C=O) groups excluding carboxylic acids is 3. The minimum Gasteiger partial charge on any atom is -0.403 e. The molecule has 0 radical (unpaired) electrons. The van der Waals surface area contributed by atoms with Crippen molar-refractivity contribution in [2.24, 2.45) is 5.73 Å². The van der Waals surface area contributed by atoms with E-state index in [9.17, 15) is 14.4 Å². The summed E-state index contributed by atoms with van der Waals surface area (Å²) in [6, 6.07) is -0.688. The number of amides is 3. The Balaban J connectivity index is 0.00000242. The third-order valence-electron chi connectivity index (χ3n) is 3.42. The number of nitrogens with one attached hydrogen (secondary N) is 2. The normalized spacial score (nSPS) is 21.5. The van der Waals surface area contributed by atoms with Gasteiger partial charge in [-0.3, -0.25) is 14.9 Å². The molecule has 1 unspecified atom stereocenters. The van der Waals surface area contributed by atoms with E-state index in [1.807, 2.05) is 6.92 Å². The van der Waals surface area contributed by atoms with Gasteiger partial charge in [-0.15, -0.1) is 17.2 Å². The standard InChI is InChI=1S/C15H18N3O3.W/c1-2-9-8-10(16)4-3-5-11(9)14(20)17-12-6-7-13(19)18-15(12)21;/h3,8,12H,2,4,6-7,16H2,1H3,(H,17,20)(H,18,19,21);/q-1;. The summed E-state index contributed by atoms with van der Waals surface area (Å²) in [7, 11) is 0. The van der Waals surface area contributed by atoms with Crippen LogP contribution in [0.15, 0.2) is 29.0 Å². The fourth-order valence-corrected chi connectivity index (χ4v) is 2.27. The number of carbonyl (C=O) groups is 3. The molecule has 4 N–H and O–H groups in total. The first kappa shape index (κ1) is 18.4. The Morgan fingerprint density at radius 1 is 1.50 bits per heavy atom. The molecule has 0 bridgehead atoms. The van der Waals surface area contributed by atoms with Gasteiger partial charge in [-0.1, -0.05) is 19.4 Å². The van der Waals surface area contributed by atoms with Crippen LogP contribution in [-0.2, 0) is 35.4 Å². The summed E-state index contributed by atoms with van der Waals surface area (Å²) in [6.45, 7) is 1.92. The van der Waals surface area contributed by atoms with Gasteiger partial charge in [0.2, 0.25) is 11.8 Å². The average Bonchev–Trinajstić information content (AvgIpc) is 2.63. The van der Waals surface area contributed by atoms with Crippen molar-refractivity contribution in [1.29, 1.82) is 0 Å². The van der Waals surface area contributed by atoms with Crippen molar-refractivity contribution in [3.63, 3.8) is 0 Å². The number of piperidine rings is 1. The molecule has 1 saturated heterocycles. The Kier molecular flexibility index (Phi) is 6.75. The Morgan fingerprint density at radius 3 is 2.86 bits per heavy atom. The minimum atomic E-state index is -0.688. The molecule has 1 aliphatic heterocycles. The van der Waals surface area contributed by atoms with Crippen LogP contribution in [-0.4, -0.2) is 23.8 Å². The summed E-state index contributed by atoms with van der Waals surface area (Å²) in [5, 5.41) is 4.87. The smallest absolute Gasteiger partial charge is 0.248 e.